The van der Waals surface area contributed by atoms with E-state index in [9.17, 15) is 0 Å². The largest absolute Gasteiger partial charge is 0.394 e. The number of nitrogens with one attached hydrogen (secondary N) is 1. The number of anilines is 3. The van der Waals surface area contributed by atoms with Crippen LogP contribution in [0.25, 0.3) is 0 Å². The van der Waals surface area contributed by atoms with Crippen LogP contribution in [0, 0.1) is 6.92 Å². The van der Waals surface area contributed by atoms with Gasteiger partial charge < -0.3 is 11.1 Å². The van der Waals surface area contributed by atoms with Crippen LogP contribution < -0.4 is 11.1 Å². The molecule has 0 aliphatic heterocycles. The maximum Gasteiger partial charge on any atom is 0.152 e. The minimum Gasteiger partial charge on any atom is -0.394 e. The standard InChI is InChI=1S/C12H20N6/c1-7(2)11-9(6-17(4)16-11)14-12-10(13)8(3)15-18(12)5/h6-7,14H,13H2,1-5H3. The summed E-state index contributed by atoms with van der Waals surface area (Å²) in [5.41, 5.74) is 9.51. The molecule has 0 bridgehead atoms. The van der Waals surface area contributed by atoms with Crippen LogP contribution in [0.2, 0.25) is 0 Å². The molecule has 3 N–H and O–H groups in total. The van der Waals surface area contributed by atoms with Crippen LogP contribution in [0.15, 0.2) is 6.20 Å². The van der Waals surface area contributed by atoms with Gasteiger partial charge in [0.05, 0.1) is 22.8 Å². The van der Waals surface area contributed by atoms with Crippen molar-refractivity contribution in [2.45, 2.75) is 26.7 Å². The fourth-order valence-corrected chi connectivity index (χ4v) is 1.98. The monoisotopic (exact) mass is 248 g/mol. The Kier molecular flexibility index (Phi) is 3.02. The zero-order valence-electron chi connectivity index (χ0n) is 11.5. The molecule has 0 atom stereocenters. The summed E-state index contributed by atoms with van der Waals surface area (Å²) in [4.78, 5) is 0. The number of aryl methyl sites for hydroxylation is 3. The normalized spacial score (nSPS) is 11.2. The molecule has 0 aliphatic carbocycles. The summed E-state index contributed by atoms with van der Waals surface area (Å²) in [6.07, 6.45) is 1.96. The molecule has 18 heavy (non-hydrogen) atoms. The van der Waals surface area contributed by atoms with Gasteiger partial charge in [0.25, 0.3) is 0 Å². The van der Waals surface area contributed by atoms with Crippen molar-refractivity contribution in [3.63, 3.8) is 0 Å². The van der Waals surface area contributed by atoms with E-state index in [0.29, 0.717) is 11.6 Å². The molecule has 0 saturated carbocycles. The van der Waals surface area contributed by atoms with Gasteiger partial charge >= 0.3 is 0 Å². The topological polar surface area (TPSA) is 73.7 Å². The highest BCUT2D eigenvalue weighted by atomic mass is 15.3. The summed E-state index contributed by atoms with van der Waals surface area (Å²) in [5, 5.41) is 12.1. The van der Waals surface area contributed by atoms with Crippen LogP contribution in [0.4, 0.5) is 17.2 Å². The molecule has 0 unspecified atom stereocenters. The first kappa shape index (κ1) is 12.5. The molecule has 98 valence electrons. The maximum absolute atomic E-state index is 6.01. The minimum atomic E-state index is 0.351. The number of rotatable bonds is 3. The summed E-state index contributed by atoms with van der Waals surface area (Å²) in [6.45, 7) is 6.13. The van der Waals surface area contributed by atoms with Crippen LogP contribution in [-0.4, -0.2) is 19.6 Å². The third kappa shape index (κ3) is 2.05. The van der Waals surface area contributed by atoms with E-state index in [-0.39, 0.29) is 0 Å². The average molecular weight is 248 g/mol. The van der Waals surface area contributed by atoms with Crippen molar-refractivity contribution < 1.29 is 0 Å². The highest BCUT2D eigenvalue weighted by molar-refractivity contribution is 5.71. The first-order valence-corrected chi connectivity index (χ1v) is 5.99. The van der Waals surface area contributed by atoms with Crippen molar-refractivity contribution in [1.29, 1.82) is 0 Å². The van der Waals surface area contributed by atoms with E-state index < -0.39 is 0 Å². The third-order valence-electron chi connectivity index (χ3n) is 2.93. The number of aromatic nitrogens is 4. The molecule has 2 aromatic heterocycles. The molecule has 2 rings (SSSR count). The van der Waals surface area contributed by atoms with Gasteiger partial charge in [-0.3, -0.25) is 9.36 Å². The highest BCUT2D eigenvalue weighted by Crippen LogP contribution is 2.29. The highest BCUT2D eigenvalue weighted by Gasteiger charge is 2.15. The molecule has 2 heterocycles. The Morgan fingerprint density at radius 3 is 2.44 bits per heavy atom. The second kappa shape index (κ2) is 4.36. The molecule has 6 nitrogen and oxygen atoms in total. The molecule has 0 aliphatic rings. The van der Waals surface area contributed by atoms with Gasteiger partial charge in [0, 0.05) is 20.3 Å². The van der Waals surface area contributed by atoms with E-state index in [1.807, 2.05) is 27.2 Å². The number of nitrogen functional groups attached to an aromatic ring is 1. The second-order valence-electron chi connectivity index (χ2n) is 4.85. The Bertz CT molecular complexity index is 563. The van der Waals surface area contributed by atoms with Crippen LogP contribution >= 0.6 is 0 Å². The van der Waals surface area contributed by atoms with Crippen LogP contribution in [0.1, 0.15) is 31.2 Å². The molecule has 0 fully saturated rings. The molecule has 0 aromatic carbocycles. The van der Waals surface area contributed by atoms with Gasteiger partial charge in [0.1, 0.15) is 0 Å². The van der Waals surface area contributed by atoms with Gasteiger partial charge in [-0.25, -0.2) is 0 Å². The van der Waals surface area contributed by atoms with Crippen molar-refractivity contribution in [3.8, 4) is 0 Å². The number of nitrogens with two attached hydrogens (primary N) is 1. The molecule has 6 heteroatoms. The van der Waals surface area contributed by atoms with Crippen LogP contribution in [0.3, 0.4) is 0 Å². The molecule has 0 saturated heterocycles. The predicted molar refractivity (Wildman–Crippen MR) is 72.9 cm³/mol. The average Bonchev–Trinajstić information content (AvgIpc) is 2.75. The lowest BCUT2D eigenvalue weighted by molar-refractivity contribution is 0.713. The van der Waals surface area contributed by atoms with Gasteiger partial charge in [-0.05, 0) is 12.8 Å². The molecule has 0 radical (unpaired) electrons. The van der Waals surface area contributed by atoms with Gasteiger partial charge in [0.2, 0.25) is 0 Å². The SMILES string of the molecule is Cc1nn(C)c(Nc2cn(C)nc2C(C)C)c1N. The maximum atomic E-state index is 6.01. The van der Waals surface area contributed by atoms with Crippen LogP contribution in [-0.2, 0) is 14.1 Å². The van der Waals surface area contributed by atoms with Crippen molar-refractivity contribution in [2.75, 3.05) is 11.1 Å². The van der Waals surface area contributed by atoms with Gasteiger partial charge in [-0.15, -0.1) is 0 Å². The lowest BCUT2D eigenvalue weighted by atomic mass is 10.1. The summed E-state index contributed by atoms with van der Waals surface area (Å²) >= 11 is 0. The van der Waals surface area contributed by atoms with E-state index >= 15 is 0 Å². The van der Waals surface area contributed by atoms with E-state index in [1.54, 1.807) is 9.36 Å². The smallest absolute Gasteiger partial charge is 0.152 e. The number of hydrogen-bond acceptors (Lipinski definition) is 4. The first-order chi connectivity index (χ1) is 8.40. The van der Waals surface area contributed by atoms with E-state index in [1.165, 1.54) is 0 Å². The van der Waals surface area contributed by atoms with E-state index in [0.717, 1.165) is 22.9 Å². The van der Waals surface area contributed by atoms with Gasteiger partial charge in [-0.1, -0.05) is 13.8 Å². The van der Waals surface area contributed by atoms with Gasteiger partial charge in [0.15, 0.2) is 5.82 Å². The minimum absolute atomic E-state index is 0.351. The molecular weight excluding hydrogens is 228 g/mol. The Hall–Kier alpha value is -1.98. The van der Waals surface area contributed by atoms with E-state index in [2.05, 4.69) is 29.4 Å². The van der Waals surface area contributed by atoms with Crippen molar-refractivity contribution in [2.24, 2.45) is 14.1 Å². The predicted octanol–water partition coefficient (Wildman–Crippen LogP) is 1.91. The molecular formula is C12H20N6. The Labute approximate surface area is 107 Å². The van der Waals surface area contributed by atoms with Crippen molar-refractivity contribution in [1.82, 2.24) is 19.6 Å². The fraction of sp³-hybridized carbons (Fsp3) is 0.500. The van der Waals surface area contributed by atoms with Crippen LogP contribution in [0.5, 0.6) is 0 Å². The Morgan fingerprint density at radius 1 is 1.28 bits per heavy atom. The lowest BCUT2D eigenvalue weighted by Gasteiger charge is -2.09. The lowest BCUT2D eigenvalue weighted by Crippen LogP contribution is -2.03. The quantitative estimate of drug-likeness (QED) is 0.870. The fourth-order valence-electron chi connectivity index (χ4n) is 1.98. The Morgan fingerprint density at radius 2 is 1.94 bits per heavy atom. The Balaban J connectivity index is 2.39. The number of hydrogen-bond donors (Lipinski definition) is 2. The summed E-state index contributed by atoms with van der Waals surface area (Å²) in [7, 11) is 3.78. The van der Waals surface area contributed by atoms with Gasteiger partial charge in [-0.2, -0.15) is 10.2 Å². The molecule has 2 aromatic rings. The summed E-state index contributed by atoms with van der Waals surface area (Å²) in [6, 6.07) is 0. The zero-order chi connectivity index (χ0) is 13.4. The summed E-state index contributed by atoms with van der Waals surface area (Å²) in [5.74, 6) is 1.16. The van der Waals surface area contributed by atoms with Crippen molar-refractivity contribution in [3.05, 3.63) is 17.6 Å². The number of nitrogens with zero attached hydrogens (tertiary/aromatic N) is 4. The third-order valence-corrected chi connectivity index (χ3v) is 2.93. The second-order valence-corrected chi connectivity index (χ2v) is 4.85. The van der Waals surface area contributed by atoms with Crippen molar-refractivity contribution >= 4 is 17.2 Å². The first-order valence-electron chi connectivity index (χ1n) is 5.99. The summed E-state index contributed by atoms with van der Waals surface area (Å²) < 4.78 is 3.55. The molecule has 0 spiro atoms. The van der Waals surface area contributed by atoms with E-state index in [4.69, 9.17) is 5.73 Å². The molecule has 0 amide bonds. The zero-order valence-corrected chi connectivity index (χ0v) is 11.5.